The molecule has 1 fully saturated rings. The third-order valence-corrected chi connectivity index (χ3v) is 5.16. The molecule has 0 aliphatic carbocycles. The fourth-order valence-corrected chi connectivity index (χ4v) is 3.72. The number of thiocarbonyl (C=S) groups is 1. The van der Waals surface area contributed by atoms with E-state index in [-0.39, 0.29) is 11.7 Å². The van der Waals surface area contributed by atoms with Gasteiger partial charge >= 0.3 is 0 Å². The molecule has 2 aromatic carbocycles. The van der Waals surface area contributed by atoms with Crippen molar-refractivity contribution in [2.45, 2.75) is 9.96 Å². The summed E-state index contributed by atoms with van der Waals surface area (Å²) in [4.78, 5) is 15.9. The first-order valence-corrected chi connectivity index (χ1v) is 9.58. The van der Waals surface area contributed by atoms with Crippen LogP contribution in [0, 0.1) is 5.82 Å². The van der Waals surface area contributed by atoms with Gasteiger partial charge in [0.25, 0.3) is 5.91 Å². The van der Waals surface area contributed by atoms with Gasteiger partial charge in [0.15, 0.2) is 11.3 Å². The van der Waals surface area contributed by atoms with E-state index in [1.807, 2.05) is 0 Å². The quantitative estimate of drug-likeness (QED) is 0.559. The van der Waals surface area contributed by atoms with E-state index in [1.54, 1.807) is 52.3 Å². The van der Waals surface area contributed by atoms with Crippen molar-refractivity contribution in [1.82, 2.24) is 10.2 Å². The molecular formula is C18H15Cl3FN3OS. The predicted octanol–water partition coefficient (Wildman–Crippen LogP) is 4.36. The Labute approximate surface area is 176 Å². The molecule has 27 heavy (non-hydrogen) atoms. The van der Waals surface area contributed by atoms with Crippen LogP contribution in [0.1, 0.15) is 10.4 Å². The summed E-state index contributed by atoms with van der Waals surface area (Å²) in [6, 6.07) is 14.7. The summed E-state index contributed by atoms with van der Waals surface area (Å²) < 4.78 is 11.7. The van der Waals surface area contributed by atoms with Crippen molar-refractivity contribution < 1.29 is 9.18 Å². The van der Waals surface area contributed by atoms with Gasteiger partial charge in [-0.05, 0) is 42.5 Å². The van der Waals surface area contributed by atoms with Crippen molar-refractivity contribution in [3.63, 3.8) is 0 Å². The molecule has 1 unspecified atom stereocenters. The standard InChI is InChI=1S/C18H15Cl3FN3OS/c19-18(20,21)16(23-15(26)12-5-2-1-3-6-12)25-10-9-24(17(25)27)14-8-4-7-13(22)11-14/h1-8,11,16H,9-10H2,(H,23,26). The summed E-state index contributed by atoms with van der Waals surface area (Å²) in [5.41, 5.74) is 1.03. The van der Waals surface area contributed by atoms with E-state index in [1.165, 1.54) is 12.1 Å². The molecule has 2 aromatic rings. The summed E-state index contributed by atoms with van der Waals surface area (Å²) in [5, 5.41) is 3.07. The summed E-state index contributed by atoms with van der Waals surface area (Å²) >= 11 is 23.9. The van der Waals surface area contributed by atoms with Gasteiger partial charge in [-0.3, -0.25) is 4.79 Å². The lowest BCUT2D eigenvalue weighted by Crippen LogP contribution is -2.56. The van der Waals surface area contributed by atoms with Crippen LogP contribution in [0.15, 0.2) is 54.6 Å². The normalized spacial score (nSPS) is 15.8. The maximum absolute atomic E-state index is 13.5. The Hall–Kier alpha value is -1.60. The Morgan fingerprint density at radius 2 is 1.81 bits per heavy atom. The van der Waals surface area contributed by atoms with Crippen LogP contribution in [0.3, 0.4) is 0 Å². The topological polar surface area (TPSA) is 35.6 Å². The second-order valence-corrected chi connectivity index (χ2v) is 8.63. The number of nitrogens with one attached hydrogen (secondary N) is 1. The van der Waals surface area contributed by atoms with Gasteiger partial charge in [-0.25, -0.2) is 4.39 Å². The minimum Gasteiger partial charge on any atom is -0.328 e. The molecule has 0 bridgehead atoms. The molecule has 9 heteroatoms. The van der Waals surface area contributed by atoms with Gasteiger partial charge in [-0.2, -0.15) is 0 Å². The zero-order valence-electron chi connectivity index (χ0n) is 13.9. The minimum absolute atomic E-state index is 0.338. The molecule has 0 radical (unpaired) electrons. The number of anilines is 1. The Morgan fingerprint density at radius 1 is 1.11 bits per heavy atom. The molecule has 1 saturated heterocycles. The lowest BCUT2D eigenvalue weighted by molar-refractivity contribution is 0.0905. The van der Waals surface area contributed by atoms with Crippen LogP contribution in [-0.2, 0) is 0 Å². The SMILES string of the molecule is O=C(NC(N1CCN(c2cccc(F)c2)C1=S)C(Cl)(Cl)Cl)c1ccccc1. The summed E-state index contributed by atoms with van der Waals surface area (Å²) in [6.07, 6.45) is -0.985. The van der Waals surface area contributed by atoms with Crippen molar-refractivity contribution in [3.8, 4) is 0 Å². The van der Waals surface area contributed by atoms with E-state index in [9.17, 15) is 9.18 Å². The van der Waals surface area contributed by atoms with E-state index in [2.05, 4.69) is 5.32 Å². The highest BCUT2D eigenvalue weighted by molar-refractivity contribution is 7.80. The second-order valence-electron chi connectivity index (χ2n) is 5.89. The van der Waals surface area contributed by atoms with Crippen LogP contribution < -0.4 is 10.2 Å². The molecule has 3 rings (SSSR count). The van der Waals surface area contributed by atoms with Gasteiger partial charge < -0.3 is 15.1 Å². The number of carbonyl (C=O) groups excluding carboxylic acids is 1. The summed E-state index contributed by atoms with van der Waals surface area (Å²) in [5.74, 6) is -0.761. The molecule has 1 N–H and O–H groups in total. The van der Waals surface area contributed by atoms with Gasteiger partial charge in [0.2, 0.25) is 3.79 Å². The number of nitrogens with zero attached hydrogens (tertiary/aromatic N) is 2. The van der Waals surface area contributed by atoms with Crippen LogP contribution in [0.2, 0.25) is 0 Å². The number of hydrogen-bond acceptors (Lipinski definition) is 2. The van der Waals surface area contributed by atoms with Crippen molar-refractivity contribution in [2.24, 2.45) is 0 Å². The molecule has 1 heterocycles. The molecule has 0 aromatic heterocycles. The maximum atomic E-state index is 13.5. The van der Waals surface area contributed by atoms with Gasteiger partial charge in [0, 0.05) is 24.3 Å². The van der Waals surface area contributed by atoms with Crippen molar-refractivity contribution >= 4 is 63.7 Å². The van der Waals surface area contributed by atoms with E-state index < -0.39 is 9.96 Å². The number of rotatable bonds is 4. The number of benzene rings is 2. The number of hydrogen-bond donors (Lipinski definition) is 1. The second kappa shape index (κ2) is 8.19. The predicted molar refractivity (Wildman–Crippen MR) is 111 cm³/mol. The first-order valence-electron chi connectivity index (χ1n) is 8.04. The highest BCUT2D eigenvalue weighted by Crippen LogP contribution is 2.35. The smallest absolute Gasteiger partial charge is 0.252 e. The van der Waals surface area contributed by atoms with Crippen LogP contribution >= 0.6 is 47.0 Å². The van der Waals surface area contributed by atoms with Gasteiger partial charge in [-0.15, -0.1) is 0 Å². The van der Waals surface area contributed by atoms with Crippen molar-refractivity contribution in [1.29, 1.82) is 0 Å². The number of halogens is 4. The minimum atomic E-state index is -1.83. The van der Waals surface area contributed by atoms with Crippen LogP contribution in [0.4, 0.5) is 10.1 Å². The fraction of sp³-hybridized carbons (Fsp3) is 0.222. The maximum Gasteiger partial charge on any atom is 0.252 e. The Kier molecular flexibility index (Phi) is 6.11. The fourth-order valence-electron chi connectivity index (χ4n) is 2.81. The molecule has 4 nitrogen and oxygen atoms in total. The zero-order valence-corrected chi connectivity index (χ0v) is 17.0. The Morgan fingerprint density at radius 3 is 2.44 bits per heavy atom. The highest BCUT2D eigenvalue weighted by Gasteiger charge is 2.43. The first kappa shape index (κ1) is 20.1. The summed E-state index contributed by atoms with van der Waals surface area (Å²) in [6.45, 7) is 0.879. The molecule has 1 atom stereocenters. The molecule has 0 spiro atoms. The van der Waals surface area contributed by atoms with Crippen molar-refractivity contribution in [3.05, 3.63) is 66.0 Å². The zero-order chi connectivity index (χ0) is 19.6. The average Bonchev–Trinajstić information content (AvgIpc) is 3.00. The molecule has 0 saturated carbocycles. The van der Waals surface area contributed by atoms with E-state index in [0.717, 1.165) is 0 Å². The largest absolute Gasteiger partial charge is 0.328 e. The Bertz CT molecular complexity index is 847. The number of amides is 1. The van der Waals surface area contributed by atoms with Gasteiger partial charge in [0.05, 0.1) is 0 Å². The molecule has 1 amide bonds. The lowest BCUT2D eigenvalue weighted by atomic mass is 10.2. The number of alkyl halides is 3. The van der Waals surface area contributed by atoms with Gasteiger partial charge in [0.1, 0.15) is 5.82 Å². The summed E-state index contributed by atoms with van der Waals surface area (Å²) in [7, 11) is 0. The average molecular weight is 447 g/mol. The van der Waals surface area contributed by atoms with Gasteiger partial charge in [-0.1, -0.05) is 59.1 Å². The van der Waals surface area contributed by atoms with E-state index >= 15 is 0 Å². The lowest BCUT2D eigenvalue weighted by Gasteiger charge is -2.35. The Balaban J connectivity index is 1.82. The highest BCUT2D eigenvalue weighted by atomic mass is 35.6. The molecule has 1 aliphatic heterocycles. The molecular weight excluding hydrogens is 432 g/mol. The van der Waals surface area contributed by atoms with E-state index in [0.29, 0.717) is 29.5 Å². The van der Waals surface area contributed by atoms with Crippen LogP contribution in [0.25, 0.3) is 0 Å². The first-order chi connectivity index (χ1) is 12.8. The van der Waals surface area contributed by atoms with E-state index in [4.69, 9.17) is 47.0 Å². The third-order valence-electron chi connectivity index (χ3n) is 4.09. The monoisotopic (exact) mass is 445 g/mol. The third kappa shape index (κ3) is 4.63. The van der Waals surface area contributed by atoms with Crippen molar-refractivity contribution in [2.75, 3.05) is 18.0 Å². The van der Waals surface area contributed by atoms with Crippen LogP contribution in [-0.4, -0.2) is 39.0 Å². The molecule has 142 valence electrons. The van der Waals surface area contributed by atoms with Crippen LogP contribution in [0.5, 0.6) is 0 Å². The molecule has 1 aliphatic rings. The number of carbonyl (C=O) groups is 1.